The highest BCUT2D eigenvalue weighted by Crippen LogP contribution is 2.24. The zero-order chi connectivity index (χ0) is 13.0. The molecule has 4 nitrogen and oxygen atoms in total. The van der Waals surface area contributed by atoms with Crippen LogP contribution < -0.4 is 10.1 Å². The SMILES string of the molecule is CCNCc1coc(Oc2ccc(Cl)c(F)c2)n1. The second-order valence-electron chi connectivity index (χ2n) is 3.56. The van der Waals surface area contributed by atoms with Crippen LogP contribution in [0.15, 0.2) is 28.9 Å². The third-order valence-corrected chi connectivity index (χ3v) is 2.49. The smallest absolute Gasteiger partial charge is 0.399 e. The van der Waals surface area contributed by atoms with E-state index in [9.17, 15) is 4.39 Å². The maximum Gasteiger partial charge on any atom is 0.399 e. The normalized spacial score (nSPS) is 10.6. The molecular formula is C12H12ClFN2O2. The Morgan fingerprint density at radius 1 is 1.50 bits per heavy atom. The van der Waals surface area contributed by atoms with Gasteiger partial charge in [0.1, 0.15) is 17.8 Å². The molecule has 0 aliphatic rings. The summed E-state index contributed by atoms with van der Waals surface area (Å²) in [5.74, 6) is -0.262. The Kier molecular flexibility index (Phi) is 4.17. The quantitative estimate of drug-likeness (QED) is 0.905. The molecule has 0 aliphatic heterocycles. The number of hydrogen-bond acceptors (Lipinski definition) is 4. The number of ether oxygens (including phenoxy) is 1. The molecule has 0 fully saturated rings. The lowest BCUT2D eigenvalue weighted by Crippen LogP contribution is -2.11. The third-order valence-electron chi connectivity index (χ3n) is 2.18. The van der Waals surface area contributed by atoms with Crippen LogP contribution in [-0.4, -0.2) is 11.5 Å². The molecule has 1 aromatic carbocycles. The summed E-state index contributed by atoms with van der Waals surface area (Å²) in [5, 5.41) is 3.15. The largest absolute Gasteiger partial charge is 0.417 e. The molecule has 0 aliphatic carbocycles. The van der Waals surface area contributed by atoms with Gasteiger partial charge in [0.25, 0.3) is 0 Å². The summed E-state index contributed by atoms with van der Waals surface area (Å²) in [5.41, 5.74) is 0.723. The summed E-state index contributed by atoms with van der Waals surface area (Å²) < 4.78 is 23.6. The number of rotatable bonds is 5. The monoisotopic (exact) mass is 270 g/mol. The number of nitrogens with one attached hydrogen (secondary N) is 1. The number of aromatic nitrogens is 1. The molecule has 0 spiro atoms. The van der Waals surface area contributed by atoms with E-state index in [0.717, 1.165) is 12.2 Å². The highest BCUT2D eigenvalue weighted by molar-refractivity contribution is 6.30. The molecule has 1 aromatic heterocycles. The van der Waals surface area contributed by atoms with Gasteiger partial charge in [-0.3, -0.25) is 0 Å². The van der Waals surface area contributed by atoms with Crippen LogP contribution in [0.3, 0.4) is 0 Å². The van der Waals surface area contributed by atoms with E-state index in [0.29, 0.717) is 6.54 Å². The highest BCUT2D eigenvalue weighted by Gasteiger charge is 2.08. The zero-order valence-electron chi connectivity index (χ0n) is 9.74. The van der Waals surface area contributed by atoms with Crippen LogP contribution in [0.4, 0.5) is 4.39 Å². The summed E-state index contributed by atoms with van der Waals surface area (Å²) >= 11 is 5.57. The number of hydrogen-bond donors (Lipinski definition) is 1. The van der Waals surface area contributed by atoms with Crippen molar-refractivity contribution in [2.24, 2.45) is 0 Å². The van der Waals surface area contributed by atoms with E-state index in [1.165, 1.54) is 18.4 Å². The number of benzene rings is 1. The van der Waals surface area contributed by atoms with Crippen molar-refractivity contribution in [2.75, 3.05) is 6.54 Å². The van der Waals surface area contributed by atoms with Gasteiger partial charge in [0, 0.05) is 12.6 Å². The molecule has 96 valence electrons. The Hall–Kier alpha value is -1.59. The molecule has 18 heavy (non-hydrogen) atoms. The van der Waals surface area contributed by atoms with Crippen molar-refractivity contribution in [1.29, 1.82) is 0 Å². The molecule has 2 aromatic rings. The summed E-state index contributed by atoms with van der Waals surface area (Å²) in [6.07, 6.45) is 1.56. The standard InChI is InChI=1S/C12H12ClFN2O2/c1-2-15-6-8-7-17-12(16-8)18-9-3-4-10(13)11(14)5-9/h3-5,7,15H,2,6H2,1H3. The van der Waals surface area contributed by atoms with Crippen molar-refractivity contribution < 1.29 is 13.5 Å². The maximum absolute atomic E-state index is 13.2. The first-order valence-corrected chi connectivity index (χ1v) is 5.85. The summed E-state index contributed by atoms with van der Waals surface area (Å²) in [6, 6.07) is 4.13. The molecule has 0 atom stereocenters. The summed E-state index contributed by atoms with van der Waals surface area (Å²) in [4.78, 5) is 4.09. The lowest BCUT2D eigenvalue weighted by Gasteiger charge is -2.01. The Morgan fingerprint density at radius 2 is 2.33 bits per heavy atom. The van der Waals surface area contributed by atoms with Gasteiger partial charge >= 0.3 is 6.08 Å². The minimum absolute atomic E-state index is 0.0441. The Bertz CT molecular complexity index is 531. The van der Waals surface area contributed by atoms with Crippen molar-refractivity contribution >= 4 is 11.6 Å². The van der Waals surface area contributed by atoms with Crippen molar-refractivity contribution in [1.82, 2.24) is 10.3 Å². The van der Waals surface area contributed by atoms with Gasteiger partial charge < -0.3 is 14.5 Å². The molecule has 0 radical (unpaired) electrons. The van der Waals surface area contributed by atoms with Gasteiger partial charge in [0.15, 0.2) is 0 Å². The summed E-state index contributed by atoms with van der Waals surface area (Å²) in [7, 11) is 0. The molecule has 0 unspecified atom stereocenters. The molecule has 0 saturated carbocycles. The van der Waals surface area contributed by atoms with E-state index >= 15 is 0 Å². The van der Waals surface area contributed by atoms with Gasteiger partial charge in [0.2, 0.25) is 0 Å². The predicted molar refractivity (Wildman–Crippen MR) is 65.4 cm³/mol. The maximum atomic E-state index is 13.2. The first-order chi connectivity index (χ1) is 8.69. The molecule has 0 bridgehead atoms. The van der Waals surface area contributed by atoms with E-state index < -0.39 is 5.82 Å². The van der Waals surface area contributed by atoms with E-state index in [4.69, 9.17) is 20.8 Å². The first-order valence-electron chi connectivity index (χ1n) is 5.47. The molecule has 0 saturated heterocycles. The third kappa shape index (κ3) is 3.21. The van der Waals surface area contributed by atoms with Gasteiger partial charge in [-0.05, 0) is 18.7 Å². The minimum atomic E-state index is -0.548. The first kappa shape index (κ1) is 12.9. The Labute approximate surface area is 109 Å². The van der Waals surface area contributed by atoms with E-state index in [2.05, 4.69) is 10.3 Å². The van der Waals surface area contributed by atoms with Gasteiger partial charge in [-0.15, -0.1) is 0 Å². The Balaban J connectivity index is 2.04. The molecule has 1 heterocycles. The predicted octanol–water partition coefficient (Wildman–Crippen LogP) is 3.37. The van der Waals surface area contributed by atoms with E-state index in [1.807, 2.05) is 6.92 Å². The van der Waals surface area contributed by atoms with Gasteiger partial charge in [-0.25, -0.2) is 4.39 Å². The number of nitrogens with zero attached hydrogens (tertiary/aromatic N) is 1. The lowest BCUT2D eigenvalue weighted by atomic mass is 10.3. The average molecular weight is 271 g/mol. The fourth-order valence-corrected chi connectivity index (χ4v) is 1.43. The van der Waals surface area contributed by atoms with E-state index in [1.54, 1.807) is 6.07 Å². The topological polar surface area (TPSA) is 47.3 Å². The minimum Gasteiger partial charge on any atom is -0.417 e. The molecule has 1 N–H and O–H groups in total. The lowest BCUT2D eigenvalue weighted by molar-refractivity contribution is 0.329. The van der Waals surface area contributed by atoms with Crippen LogP contribution in [0.1, 0.15) is 12.6 Å². The van der Waals surface area contributed by atoms with E-state index in [-0.39, 0.29) is 16.8 Å². The van der Waals surface area contributed by atoms with Crippen LogP contribution in [0.5, 0.6) is 11.8 Å². The van der Waals surface area contributed by atoms with Crippen molar-refractivity contribution in [3.63, 3.8) is 0 Å². The second kappa shape index (κ2) is 5.84. The fraction of sp³-hybridized carbons (Fsp3) is 0.250. The summed E-state index contributed by atoms with van der Waals surface area (Å²) in [6.45, 7) is 3.43. The zero-order valence-corrected chi connectivity index (χ0v) is 10.5. The van der Waals surface area contributed by atoms with Crippen molar-refractivity contribution in [2.45, 2.75) is 13.5 Å². The highest BCUT2D eigenvalue weighted by atomic mass is 35.5. The van der Waals surface area contributed by atoms with Gasteiger partial charge in [-0.1, -0.05) is 18.5 Å². The van der Waals surface area contributed by atoms with Crippen LogP contribution in [-0.2, 0) is 6.54 Å². The van der Waals surface area contributed by atoms with Crippen LogP contribution in [0.25, 0.3) is 0 Å². The van der Waals surface area contributed by atoms with Crippen molar-refractivity contribution in [3.05, 3.63) is 41.0 Å². The molecule has 6 heteroatoms. The van der Waals surface area contributed by atoms with Gasteiger partial charge in [0.05, 0.1) is 10.7 Å². The molecule has 0 amide bonds. The van der Waals surface area contributed by atoms with Crippen LogP contribution in [0, 0.1) is 5.82 Å². The fourth-order valence-electron chi connectivity index (χ4n) is 1.31. The number of oxazole rings is 1. The number of halogens is 2. The van der Waals surface area contributed by atoms with Crippen LogP contribution in [0.2, 0.25) is 5.02 Å². The average Bonchev–Trinajstić information content (AvgIpc) is 2.79. The second-order valence-corrected chi connectivity index (χ2v) is 3.97. The van der Waals surface area contributed by atoms with Crippen LogP contribution >= 0.6 is 11.6 Å². The molecule has 2 rings (SSSR count). The van der Waals surface area contributed by atoms with Gasteiger partial charge in [-0.2, -0.15) is 4.98 Å². The Morgan fingerprint density at radius 3 is 3.06 bits per heavy atom. The molecular weight excluding hydrogens is 259 g/mol. The van der Waals surface area contributed by atoms with Crippen molar-refractivity contribution in [3.8, 4) is 11.8 Å².